The molecule has 0 saturated carbocycles. The van der Waals surface area contributed by atoms with Gasteiger partial charge in [-0.1, -0.05) is 0 Å². The van der Waals surface area contributed by atoms with Crippen LogP contribution in [-0.2, 0) is 4.74 Å². The van der Waals surface area contributed by atoms with Crippen LogP contribution in [-0.4, -0.2) is 37.5 Å². The van der Waals surface area contributed by atoms with Crippen molar-refractivity contribution >= 4 is 5.97 Å². The highest BCUT2D eigenvalue weighted by Crippen LogP contribution is 2.28. The van der Waals surface area contributed by atoms with Gasteiger partial charge in [0, 0.05) is 6.61 Å². The maximum absolute atomic E-state index is 10.9. The van der Waals surface area contributed by atoms with E-state index in [0.717, 1.165) is 19.4 Å². The largest absolute Gasteiger partial charge is 0.493 e. The molecular formula is C13H16O5. The van der Waals surface area contributed by atoms with E-state index in [9.17, 15) is 4.79 Å². The van der Waals surface area contributed by atoms with Gasteiger partial charge in [-0.05, 0) is 31.0 Å². The van der Waals surface area contributed by atoms with Crippen LogP contribution in [0.5, 0.6) is 11.5 Å². The van der Waals surface area contributed by atoms with Crippen LogP contribution in [0.3, 0.4) is 0 Å². The van der Waals surface area contributed by atoms with Crippen molar-refractivity contribution in [3.05, 3.63) is 23.8 Å². The Morgan fingerprint density at radius 2 is 2.33 bits per heavy atom. The van der Waals surface area contributed by atoms with Crippen molar-refractivity contribution in [3.63, 3.8) is 0 Å². The van der Waals surface area contributed by atoms with Crippen molar-refractivity contribution in [2.24, 2.45) is 0 Å². The molecule has 0 radical (unpaired) electrons. The predicted molar refractivity (Wildman–Crippen MR) is 64.4 cm³/mol. The molecule has 5 nitrogen and oxygen atoms in total. The average Bonchev–Trinajstić information content (AvgIpc) is 2.89. The first-order chi connectivity index (χ1) is 8.70. The number of benzene rings is 1. The lowest BCUT2D eigenvalue weighted by molar-refractivity contribution is 0.0663. The smallest absolute Gasteiger partial charge is 0.335 e. The Labute approximate surface area is 105 Å². The molecule has 0 amide bonds. The molecule has 18 heavy (non-hydrogen) atoms. The summed E-state index contributed by atoms with van der Waals surface area (Å²) in [5.41, 5.74) is 0.179. The molecule has 0 aliphatic carbocycles. The molecule has 98 valence electrons. The summed E-state index contributed by atoms with van der Waals surface area (Å²) >= 11 is 0. The average molecular weight is 252 g/mol. The van der Waals surface area contributed by atoms with Gasteiger partial charge < -0.3 is 19.3 Å². The van der Waals surface area contributed by atoms with Crippen LogP contribution in [0.1, 0.15) is 23.2 Å². The second-order valence-electron chi connectivity index (χ2n) is 4.12. The minimum atomic E-state index is -0.986. The first kappa shape index (κ1) is 12.7. The standard InChI is InChI=1S/C13H16O5/c1-16-11-5-4-9(13(14)15)7-12(11)18-8-10-3-2-6-17-10/h4-5,7,10H,2-3,6,8H2,1H3,(H,14,15). The maximum Gasteiger partial charge on any atom is 0.335 e. The molecule has 1 heterocycles. The zero-order chi connectivity index (χ0) is 13.0. The fourth-order valence-corrected chi connectivity index (χ4v) is 1.88. The van der Waals surface area contributed by atoms with Crippen molar-refractivity contribution < 1.29 is 24.1 Å². The van der Waals surface area contributed by atoms with Crippen LogP contribution in [0.2, 0.25) is 0 Å². The lowest BCUT2D eigenvalue weighted by Gasteiger charge is -2.14. The third kappa shape index (κ3) is 2.92. The lowest BCUT2D eigenvalue weighted by Crippen LogP contribution is -2.16. The van der Waals surface area contributed by atoms with E-state index in [2.05, 4.69) is 0 Å². The Morgan fingerprint density at radius 3 is 2.94 bits per heavy atom. The quantitative estimate of drug-likeness (QED) is 0.867. The summed E-state index contributed by atoms with van der Waals surface area (Å²) in [7, 11) is 1.52. The third-order valence-corrected chi connectivity index (χ3v) is 2.86. The van der Waals surface area contributed by atoms with Gasteiger partial charge in [0.25, 0.3) is 0 Å². The summed E-state index contributed by atoms with van der Waals surface area (Å²) in [4.78, 5) is 10.9. The minimum absolute atomic E-state index is 0.0863. The Balaban J connectivity index is 2.08. The Hall–Kier alpha value is -1.75. The van der Waals surface area contributed by atoms with E-state index in [1.165, 1.54) is 19.2 Å². The van der Waals surface area contributed by atoms with Gasteiger partial charge in [-0.3, -0.25) is 0 Å². The maximum atomic E-state index is 10.9. The third-order valence-electron chi connectivity index (χ3n) is 2.86. The summed E-state index contributed by atoms with van der Waals surface area (Å²) in [5, 5.41) is 8.93. The molecule has 1 aromatic carbocycles. The van der Waals surface area contributed by atoms with Crippen LogP contribution in [0, 0.1) is 0 Å². The molecule has 0 bridgehead atoms. The van der Waals surface area contributed by atoms with E-state index in [0.29, 0.717) is 18.1 Å². The zero-order valence-corrected chi connectivity index (χ0v) is 10.2. The van der Waals surface area contributed by atoms with E-state index >= 15 is 0 Å². The van der Waals surface area contributed by atoms with Gasteiger partial charge in [0.1, 0.15) is 6.61 Å². The fraction of sp³-hybridized carbons (Fsp3) is 0.462. The Kier molecular flexibility index (Phi) is 4.04. The predicted octanol–water partition coefficient (Wildman–Crippen LogP) is 1.95. The number of carboxylic acids is 1. The molecule has 1 fully saturated rings. The zero-order valence-electron chi connectivity index (χ0n) is 10.2. The topological polar surface area (TPSA) is 65.0 Å². The van der Waals surface area contributed by atoms with E-state index in [1.54, 1.807) is 6.07 Å². The first-order valence-electron chi connectivity index (χ1n) is 5.86. The van der Waals surface area contributed by atoms with Crippen LogP contribution in [0.25, 0.3) is 0 Å². The monoisotopic (exact) mass is 252 g/mol. The van der Waals surface area contributed by atoms with Gasteiger partial charge >= 0.3 is 5.97 Å². The van der Waals surface area contributed by atoms with E-state index < -0.39 is 5.97 Å². The second kappa shape index (κ2) is 5.73. The molecule has 1 aromatic rings. The SMILES string of the molecule is COc1ccc(C(=O)O)cc1OCC1CCCO1. The number of methoxy groups -OCH3 is 1. The van der Waals surface area contributed by atoms with Crippen molar-refractivity contribution in [2.75, 3.05) is 20.3 Å². The fourth-order valence-electron chi connectivity index (χ4n) is 1.88. The number of rotatable bonds is 5. The number of carbonyl (C=O) groups is 1. The number of hydrogen-bond donors (Lipinski definition) is 1. The van der Waals surface area contributed by atoms with Gasteiger partial charge in [-0.2, -0.15) is 0 Å². The highest BCUT2D eigenvalue weighted by Gasteiger charge is 2.17. The molecule has 0 aromatic heterocycles. The van der Waals surface area contributed by atoms with Gasteiger partial charge in [-0.15, -0.1) is 0 Å². The molecule has 1 aliphatic heterocycles. The van der Waals surface area contributed by atoms with Crippen LogP contribution in [0.4, 0.5) is 0 Å². The van der Waals surface area contributed by atoms with Gasteiger partial charge in [0.05, 0.1) is 18.8 Å². The molecule has 1 atom stereocenters. The van der Waals surface area contributed by atoms with E-state index in [1.807, 2.05) is 0 Å². The van der Waals surface area contributed by atoms with Gasteiger partial charge in [0.15, 0.2) is 11.5 Å². The number of carboxylic acid groups (broad SMARTS) is 1. The molecule has 1 unspecified atom stereocenters. The Morgan fingerprint density at radius 1 is 1.50 bits per heavy atom. The summed E-state index contributed by atoms with van der Waals surface area (Å²) in [5.74, 6) is -0.0227. The molecule has 1 saturated heterocycles. The van der Waals surface area contributed by atoms with Crippen LogP contribution in [0.15, 0.2) is 18.2 Å². The number of ether oxygens (including phenoxy) is 3. The normalized spacial score (nSPS) is 18.6. The minimum Gasteiger partial charge on any atom is -0.493 e. The van der Waals surface area contributed by atoms with E-state index in [-0.39, 0.29) is 11.7 Å². The molecule has 5 heteroatoms. The van der Waals surface area contributed by atoms with Gasteiger partial charge in [-0.25, -0.2) is 4.79 Å². The molecule has 0 spiro atoms. The molecule has 2 rings (SSSR count). The van der Waals surface area contributed by atoms with Gasteiger partial charge in [0.2, 0.25) is 0 Å². The Bertz CT molecular complexity index is 423. The van der Waals surface area contributed by atoms with E-state index in [4.69, 9.17) is 19.3 Å². The summed E-state index contributed by atoms with van der Waals surface area (Å²) < 4.78 is 16.2. The lowest BCUT2D eigenvalue weighted by atomic mass is 10.2. The first-order valence-corrected chi connectivity index (χ1v) is 5.86. The number of aromatic carboxylic acids is 1. The van der Waals surface area contributed by atoms with Crippen molar-refractivity contribution in [1.82, 2.24) is 0 Å². The second-order valence-corrected chi connectivity index (χ2v) is 4.12. The van der Waals surface area contributed by atoms with Crippen LogP contribution >= 0.6 is 0 Å². The summed E-state index contributed by atoms with van der Waals surface area (Å²) in [6.07, 6.45) is 2.10. The number of hydrogen-bond acceptors (Lipinski definition) is 4. The molecule has 1 aliphatic rings. The molecular weight excluding hydrogens is 236 g/mol. The molecule has 1 N–H and O–H groups in total. The van der Waals surface area contributed by atoms with Crippen molar-refractivity contribution in [2.45, 2.75) is 18.9 Å². The highest BCUT2D eigenvalue weighted by molar-refractivity contribution is 5.88. The summed E-state index contributed by atoms with van der Waals surface area (Å²) in [6, 6.07) is 4.55. The van der Waals surface area contributed by atoms with Crippen molar-refractivity contribution in [3.8, 4) is 11.5 Å². The van der Waals surface area contributed by atoms with Crippen molar-refractivity contribution in [1.29, 1.82) is 0 Å². The van der Waals surface area contributed by atoms with Crippen LogP contribution < -0.4 is 9.47 Å². The summed E-state index contributed by atoms with van der Waals surface area (Å²) in [6.45, 7) is 1.18. The highest BCUT2D eigenvalue weighted by atomic mass is 16.5.